The van der Waals surface area contributed by atoms with Crippen molar-refractivity contribution in [1.82, 2.24) is 5.06 Å². The predicted molar refractivity (Wildman–Crippen MR) is 54.4 cm³/mol. The van der Waals surface area contributed by atoms with Gasteiger partial charge in [-0.05, 0) is 13.8 Å². The monoisotopic (exact) mass is 245 g/mol. The van der Waals surface area contributed by atoms with Gasteiger partial charge in [0.1, 0.15) is 5.60 Å². The third-order valence-electron chi connectivity index (χ3n) is 2.25. The van der Waals surface area contributed by atoms with Gasteiger partial charge in [-0.15, -0.1) is 0 Å². The summed E-state index contributed by atoms with van der Waals surface area (Å²) < 4.78 is 4.87. The van der Waals surface area contributed by atoms with Crippen molar-refractivity contribution in [2.45, 2.75) is 38.7 Å². The highest BCUT2D eigenvalue weighted by molar-refractivity contribution is 6.01. The molecule has 1 fully saturated rings. The predicted octanol–water partition coefficient (Wildman–Crippen LogP) is 0.365. The summed E-state index contributed by atoms with van der Waals surface area (Å²) in [7, 11) is 0. The first kappa shape index (κ1) is 13.4. The molecule has 1 rings (SSSR count). The second-order valence-corrected chi connectivity index (χ2v) is 4.26. The summed E-state index contributed by atoms with van der Waals surface area (Å²) in [4.78, 5) is 38.1. The highest BCUT2D eigenvalue weighted by atomic mass is 16.8. The van der Waals surface area contributed by atoms with Crippen LogP contribution >= 0.6 is 0 Å². The highest BCUT2D eigenvalue weighted by Gasteiger charge is 2.34. The van der Waals surface area contributed by atoms with Gasteiger partial charge in [-0.2, -0.15) is 0 Å². The Hall–Kier alpha value is -1.63. The van der Waals surface area contributed by atoms with Crippen LogP contribution in [0.5, 0.6) is 0 Å². The lowest BCUT2D eigenvalue weighted by Crippen LogP contribution is -2.36. The number of hydrogen-bond donors (Lipinski definition) is 1. The van der Waals surface area contributed by atoms with E-state index in [-0.39, 0.29) is 25.9 Å². The molecule has 17 heavy (non-hydrogen) atoms. The smallest absolute Gasteiger partial charge is 0.427 e. The molecule has 0 aromatic carbocycles. The first-order valence-corrected chi connectivity index (χ1v) is 5.23. The van der Waals surface area contributed by atoms with Crippen LogP contribution in [0, 0.1) is 0 Å². The molecule has 7 heteroatoms. The number of ether oxygens (including phenoxy) is 1. The van der Waals surface area contributed by atoms with Crippen molar-refractivity contribution in [1.29, 1.82) is 0 Å². The van der Waals surface area contributed by atoms with Crippen molar-refractivity contribution in [3.05, 3.63) is 0 Å². The van der Waals surface area contributed by atoms with Gasteiger partial charge in [0.25, 0.3) is 11.8 Å². The van der Waals surface area contributed by atoms with Gasteiger partial charge in [0, 0.05) is 25.9 Å². The molecule has 0 aromatic rings. The van der Waals surface area contributed by atoms with E-state index in [4.69, 9.17) is 9.84 Å². The molecule has 0 radical (unpaired) electrons. The van der Waals surface area contributed by atoms with Crippen LogP contribution in [-0.4, -0.2) is 40.3 Å². The molecule has 0 atom stereocenters. The quantitative estimate of drug-likeness (QED) is 0.568. The minimum Gasteiger partial charge on any atom is -0.427 e. The number of hydroxylamine groups is 2. The fourth-order valence-electron chi connectivity index (χ4n) is 1.30. The Labute approximate surface area is 98.2 Å². The minimum atomic E-state index is -1.13. The first-order valence-electron chi connectivity index (χ1n) is 5.23. The van der Waals surface area contributed by atoms with Crippen LogP contribution in [0.2, 0.25) is 0 Å². The maximum Gasteiger partial charge on any atom is 0.534 e. The second-order valence-electron chi connectivity index (χ2n) is 4.26. The Bertz CT molecular complexity index is 322. The van der Waals surface area contributed by atoms with E-state index in [0.29, 0.717) is 5.06 Å². The van der Waals surface area contributed by atoms with E-state index in [1.807, 2.05) is 0 Å². The summed E-state index contributed by atoms with van der Waals surface area (Å²) in [6, 6.07) is 0. The molecule has 2 amide bonds. The standard InChI is InChI=1S/C10H15NO6/c1-10(2,5-6-12)16-9(15)17-11-7(13)3-4-8(11)14/h12H,3-6H2,1-2H3. The van der Waals surface area contributed by atoms with Crippen LogP contribution in [0.1, 0.15) is 33.1 Å². The number of rotatable bonds is 4. The normalized spacial score (nSPS) is 16.3. The largest absolute Gasteiger partial charge is 0.534 e. The Kier molecular flexibility index (Phi) is 4.06. The Morgan fingerprint density at radius 2 is 1.88 bits per heavy atom. The molecule has 0 unspecified atom stereocenters. The molecule has 1 N–H and O–H groups in total. The molecule has 0 spiro atoms. The maximum absolute atomic E-state index is 11.3. The van der Waals surface area contributed by atoms with Crippen LogP contribution in [0.25, 0.3) is 0 Å². The molecule has 0 saturated carbocycles. The van der Waals surface area contributed by atoms with Gasteiger partial charge in [-0.25, -0.2) is 4.79 Å². The third-order valence-corrected chi connectivity index (χ3v) is 2.25. The molecule has 1 aliphatic rings. The lowest BCUT2D eigenvalue weighted by atomic mass is 10.1. The van der Waals surface area contributed by atoms with Gasteiger partial charge >= 0.3 is 6.16 Å². The topological polar surface area (TPSA) is 93.1 Å². The summed E-state index contributed by atoms with van der Waals surface area (Å²) in [5.74, 6) is -1.13. The summed E-state index contributed by atoms with van der Waals surface area (Å²) in [5.41, 5.74) is -0.919. The van der Waals surface area contributed by atoms with Gasteiger partial charge in [-0.1, -0.05) is 5.06 Å². The molecular weight excluding hydrogens is 230 g/mol. The van der Waals surface area contributed by atoms with E-state index < -0.39 is 23.6 Å². The van der Waals surface area contributed by atoms with Crippen LogP contribution < -0.4 is 0 Å². The van der Waals surface area contributed by atoms with Crippen LogP contribution in [0.4, 0.5) is 4.79 Å². The van der Waals surface area contributed by atoms with Gasteiger partial charge < -0.3 is 9.84 Å². The summed E-state index contributed by atoms with van der Waals surface area (Å²) in [5, 5.41) is 9.15. The van der Waals surface area contributed by atoms with Gasteiger partial charge in [0.15, 0.2) is 0 Å². The average molecular weight is 245 g/mol. The number of aliphatic hydroxyl groups excluding tert-OH is 1. The van der Waals surface area contributed by atoms with Crippen molar-refractivity contribution < 1.29 is 29.1 Å². The lowest BCUT2D eigenvalue weighted by molar-refractivity contribution is -0.181. The summed E-state index contributed by atoms with van der Waals surface area (Å²) >= 11 is 0. The molecule has 1 heterocycles. The summed E-state index contributed by atoms with van der Waals surface area (Å²) in [6.07, 6.45) is -0.838. The lowest BCUT2D eigenvalue weighted by Gasteiger charge is -2.24. The molecule has 1 aliphatic heterocycles. The fourth-order valence-corrected chi connectivity index (χ4v) is 1.30. The van der Waals surface area contributed by atoms with E-state index in [2.05, 4.69) is 4.84 Å². The van der Waals surface area contributed by atoms with Gasteiger partial charge in [0.05, 0.1) is 0 Å². The molecule has 0 bridgehead atoms. The van der Waals surface area contributed by atoms with E-state index in [1.54, 1.807) is 13.8 Å². The molecule has 96 valence electrons. The van der Waals surface area contributed by atoms with Crippen molar-refractivity contribution in [3.8, 4) is 0 Å². The average Bonchev–Trinajstić information content (AvgIpc) is 2.48. The Morgan fingerprint density at radius 1 is 1.35 bits per heavy atom. The molecule has 7 nitrogen and oxygen atoms in total. The number of nitrogens with zero attached hydrogens (tertiary/aromatic N) is 1. The Balaban J connectivity index is 2.49. The zero-order valence-electron chi connectivity index (χ0n) is 9.76. The molecular formula is C10H15NO6. The van der Waals surface area contributed by atoms with Gasteiger partial charge in [0.2, 0.25) is 0 Å². The molecule has 1 saturated heterocycles. The minimum absolute atomic E-state index is 0.0339. The van der Waals surface area contributed by atoms with E-state index in [1.165, 1.54) is 0 Å². The highest BCUT2D eigenvalue weighted by Crippen LogP contribution is 2.17. The fraction of sp³-hybridized carbons (Fsp3) is 0.700. The zero-order valence-corrected chi connectivity index (χ0v) is 9.76. The number of amides is 2. The van der Waals surface area contributed by atoms with Crippen LogP contribution in [0.15, 0.2) is 0 Å². The van der Waals surface area contributed by atoms with Crippen molar-refractivity contribution in [3.63, 3.8) is 0 Å². The number of carbonyl (C=O) groups is 3. The van der Waals surface area contributed by atoms with Crippen LogP contribution in [0.3, 0.4) is 0 Å². The van der Waals surface area contributed by atoms with Crippen molar-refractivity contribution >= 4 is 18.0 Å². The van der Waals surface area contributed by atoms with E-state index in [9.17, 15) is 14.4 Å². The van der Waals surface area contributed by atoms with Crippen molar-refractivity contribution in [2.24, 2.45) is 0 Å². The number of aliphatic hydroxyl groups is 1. The second kappa shape index (κ2) is 5.13. The maximum atomic E-state index is 11.3. The zero-order chi connectivity index (χ0) is 13.1. The number of hydrogen-bond acceptors (Lipinski definition) is 6. The van der Waals surface area contributed by atoms with E-state index in [0.717, 1.165) is 0 Å². The van der Waals surface area contributed by atoms with Crippen LogP contribution in [-0.2, 0) is 19.2 Å². The van der Waals surface area contributed by atoms with E-state index >= 15 is 0 Å². The third kappa shape index (κ3) is 3.70. The van der Waals surface area contributed by atoms with Gasteiger partial charge in [-0.3, -0.25) is 14.4 Å². The molecule has 0 aromatic heterocycles. The first-order chi connectivity index (χ1) is 7.85. The van der Waals surface area contributed by atoms with Crippen molar-refractivity contribution in [2.75, 3.05) is 6.61 Å². The number of imide groups is 1. The molecule has 0 aliphatic carbocycles. The SMILES string of the molecule is CC(C)(CCO)OC(=O)ON1C(=O)CCC1=O. The Morgan fingerprint density at radius 3 is 2.35 bits per heavy atom. The summed E-state index contributed by atoms with van der Waals surface area (Å²) in [6.45, 7) is 3.01. The number of carbonyl (C=O) groups excluding carboxylic acids is 3.